The molecule has 0 aliphatic rings. The van der Waals surface area contributed by atoms with Crippen molar-refractivity contribution in [2.24, 2.45) is 5.73 Å². The van der Waals surface area contributed by atoms with Crippen molar-refractivity contribution in [3.8, 4) is 0 Å². The summed E-state index contributed by atoms with van der Waals surface area (Å²) in [4.78, 5) is 10.9. The number of hydrogen-bond donors (Lipinski definition) is 2. The Labute approximate surface area is 100 Å². The third kappa shape index (κ3) is 2.02. The van der Waals surface area contributed by atoms with Gasteiger partial charge in [-0.3, -0.25) is 0 Å². The fourth-order valence-corrected chi connectivity index (χ4v) is 1.84. The molecule has 0 aliphatic heterocycles. The van der Waals surface area contributed by atoms with E-state index >= 15 is 0 Å². The van der Waals surface area contributed by atoms with Gasteiger partial charge in [0.1, 0.15) is 5.54 Å². The van der Waals surface area contributed by atoms with Crippen LogP contribution in [0.5, 0.6) is 0 Å². The van der Waals surface area contributed by atoms with E-state index in [1.165, 1.54) is 6.92 Å². The van der Waals surface area contributed by atoms with Gasteiger partial charge in [-0.2, -0.15) is 0 Å². The van der Waals surface area contributed by atoms with Crippen LogP contribution in [-0.2, 0) is 10.3 Å². The van der Waals surface area contributed by atoms with Gasteiger partial charge in [0, 0.05) is 9.13 Å². The van der Waals surface area contributed by atoms with E-state index in [1.807, 2.05) is 22.6 Å². The van der Waals surface area contributed by atoms with Crippen molar-refractivity contribution in [1.82, 2.24) is 0 Å². The second-order valence-electron chi connectivity index (χ2n) is 3.11. The van der Waals surface area contributed by atoms with Gasteiger partial charge in [-0.25, -0.2) is 4.79 Å². The summed E-state index contributed by atoms with van der Waals surface area (Å²) in [6, 6.07) is 5.15. The summed E-state index contributed by atoms with van der Waals surface area (Å²) in [5.41, 5.74) is 4.65. The molecule has 0 heterocycles. The monoisotopic (exact) mass is 325 g/mol. The summed E-state index contributed by atoms with van der Waals surface area (Å²) >= 11 is 8.00. The molecule has 0 radical (unpaired) electrons. The first-order valence-electron chi connectivity index (χ1n) is 3.84. The lowest BCUT2D eigenvalue weighted by Gasteiger charge is -2.21. The Balaban J connectivity index is 3.33. The smallest absolute Gasteiger partial charge is 0.328 e. The van der Waals surface area contributed by atoms with Crippen LogP contribution >= 0.6 is 34.2 Å². The summed E-state index contributed by atoms with van der Waals surface area (Å²) in [6.45, 7) is 1.42. The molecule has 0 amide bonds. The Morgan fingerprint density at radius 2 is 2.21 bits per heavy atom. The predicted octanol–water partition coefficient (Wildman–Crippen LogP) is 2.20. The van der Waals surface area contributed by atoms with Crippen LogP contribution in [-0.4, -0.2) is 11.1 Å². The van der Waals surface area contributed by atoms with Crippen LogP contribution in [0.1, 0.15) is 12.5 Å². The Bertz CT molecular complexity index is 379. The van der Waals surface area contributed by atoms with Gasteiger partial charge in [-0.1, -0.05) is 23.7 Å². The topological polar surface area (TPSA) is 63.3 Å². The molecule has 14 heavy (non-hydrogen) atoms. The van der Waals surface area contributed by atoms with E-state index in [1.54, 1.807) is 18.2 Å². The Kier molecular flexibility index (Phi) is 3.39. The SMILES string of the molecule is CC(N)(C(=O)O)c1cccc(I)c1Cl. The third-order valence-corrected chi connectivity index (χ3v) is 3.58. The van der Waals surface area contributed by atoms with Crippen LogP contribution in [0.15, 0.2) is 18.2 Å². The van der Waals surface area contributed by atoms with Crippen molar-refractivity contribution < 1.29 is 9.90 Å². The van der Waals surface area contributed by atoms with Crippen molar-refractivity contribution in [3.63, 3.8) is 0 Å². The first-order chi connectivity index (χ1) is 6.37. The molecule has 0 fully saturated rings. The lowest BCUT2D eigenvalue weighted by atomic mass is 9.93. The van der Waals surface area contributed by atoms with Gasteiger partial charge < -0.3 is 10.8 Å². The number of nitrogens with two attached hydrogens (primary N) is 1. The predicted molar refractivity (Wildman–Crippen MR) is 63.3 cm³/mol. The van der Waals surface area contributed by atoms with Gasteiger partial charge in [-0.15, -0.1) is 0 Å². The van der Waals surface area contributed by atoms with Crippen molar-refractivity contribution in [2.45, 2.75) is 12.5 Å². The van der Waals surface area contributed by atoms with E-state index in [2.05, 4.69) is 0 Å². The van der Waals surface area contributed by atoms with Gasteiger partial charge in [0.2, 0.25) is 0 Å². The molecule has 1 aromatic rings. The molecule has 5 heteroatoms. The van der Waals surface area contributed by atoms with Gasteiger partial charge in [0.15, 0.2) is 0 Å². The van der Waals surface area contributed by atoms with E-state index < -0.39 is 11.5 Å². The second-order valence-corrected chi connectivity index (χ2v) is 4.65. The number of halogens is 2. The summed E-state index contributed by atoms with van der Waals surface area (Å²) in [5, 5.41) is 9.33. The van der Waals surface area contributed by atoms with E-state index in [-0.39, 0.29) is 0 Å². The van der Waals surface area contributed by atoms with Crippen molar-refractivity contribution in [2.75, 3.05) is 0 Å². The van der Waals surface area contributed by atoms with Crippen molar-refractivity contribution in [3.05, 3.63) is 32.4 Å². The average Bonchev–Trinajstić information content (AvgIpc) is 2.09. The standard InChI is InChI=1S/C9H9ClINO2/c1-9(12,8(13)14)5-3-2-4-6(11)7(5)10/h2-4H,12H2,1H3,(H,13,14). The molecule has 1 unspecified atom stereocenters. The highest BCUT2D eigenvalue weighted by atomic mass is 127. The molecule has 1 rings (SSSR count). The molecule has 1 aromatic carbocycles. The minimum atomic E-state index is -1.45. The second kappa shape index (κ2) is 4.04. The number of aliphatic carboxylic acids is 1. The molecule has 1 atom stereocenters. The average molecular weight is 326 g/mol. The summed E-state index contributed by atoms with van der Waals surface area (Å²) in [5.74, 6) is -1.10. The first-order valence-corrected chi connectivity index (χ1v) is 5.30. The molecular formula is C9H9ClINO2. The van der Waals surface area contributed by atoms with E-state index in [0.717, 1.165) is 3.57 Å². The number of carboxylic acids is 1. The quantitative estimate of drug-likeness (QED) is 0.820. The zero-order valence-corrected chi connectivity index (χ0v) is 10.3. The molecule has 0 bridgehead atoms. The number of rotatable bonds is 2. The van der Waals surface area contributed by atoms with E-state index in [4.69, 9.17) is 22.4 Å². The summed E-state index contributed by atoms with van der Waals surface area (Å²) in [6.07, 6.45) is 0. The van der Waals surface area contributed by atoms with E-state index in [0.29, 0.717) is 10.6 Å². The Morgan fingerprint density at radius 1 is 1.64 bits per heavy atom. The zero-order valence-electron chi connectivity index (χ0n) is 7.42. The Morgan fingerprint density at radius 3 is 2.71 bits per heavy atom. The molecule has 0 saturated carbocycles. The Hall–Kier alpha value is -0.330. The molecule has 0 aliphatic carbocycles. The van der Waals surface area contributed by atoms with Gasteiger partial charge >= 0.3 is 5.97 Å². The third-order valence-electron chi connectivity index (χ3n) is 1.96. The highest BCUT2D eigenvalue weighted by molar-refractivity contribution is 14.1. The highest BCUT2D eigenvalue weighted by Crippen LogP contribution is 2.29. The molecule has 0 aromatic heterocycles. The zero-order chi connectivity index (χ0) is 10.9. The van der Waals surface area contributed by atoms with Crippen LogP contribution < -0.4 is 5.73 Å². The maximum absolute atomic E-state index is 10.9. The number of carboxylic acid groups (broad SMARTS) is 1. The molecule has 0 saturated heterocycles. The molecular weight excluding hydrogens is 316 g/mol. The molecule has 0 spiro atoms. The van der Waals surface area contributed by atoms with Crippen LogP contribution in [0.2, 0.25) is 5.02 Å². The fourth-order valence-electron chi connectivity index (χ4n) is 1.02. The minimum Gasteiger partial charge on any atom is -0.480 e. The normalized spacial score (nSPS) is 14.9. The summed E-state index contributed by atoms with van der Waals surface area (Å²) in [7, 11) is 0. The first kappa shape index (κ1) is 11.7. The van der Waals surface area contributed by atoms with Crippen LogP contribution in [0.25, 0.3) is 0 Å². The lowest BCUT2D eigenvalue weighted by molar-refractivity contribution is -0.143. The van der Waals surface area contributed by atoms with Crippen molar-refractivity contribution >= 4 is 40.2 Å². The largest absolute Gasteiger partial charge is 0.480 e. The van der Waals surface area contributed by atoms with Gasteiger partial charge in [-0.05, 0) is 35.6 Å². The maximum atomic E-state index is 10.9. The minimum absolute atomic E-state index is 0.403. The van der Waals surface area contributed by atoms with Gasteiger partial charge in [0.25, 0.3) is 0 Å². The maximum Gasteiger partial charge on any atom is 0.328 e. The van der Waals surface area contributed by atoms with Crippen molar-refractivity contribution in [1.29, 1.82) is 0 Å². The summed E-state index contributed by atoms with van der Waals surface area (Å²) < 4.78 is 0.791. The highest BCUT2D eigenvalue weighted by Gasteiger charge is 2.32. The molecule has 3 N–H and O–H groups in total. The van der Waals surface area contributed by atoms with E-state index in [9.17, 15) is 4.79 Å². The molecule has 3 nitrogen and oxygen atoms in total. The van der Waals surface area contributed by atoms with Crippen LogP contribution in [0.3, 0.4) is 0 Å². The van der Waals surface area contributed by atoms with Crippen LogP contribution in [0.4, 0.5) is 0 Å². The van der Waals surface area contributed by atoms with Gasteiger partial charge in [0.05, 0.1) is 5.02 Å². The number of hydrogen-bond acceptors (Lipinski definition) is 2. The molecule has 76 valence electrons. The number of carbonyl (C=O) groups is 1. The fraction of sp³-hybridized carbons (Fsp3) is 0.222. The number of benzene rings is 1. The van der Waals surface area contributed by atoms with Crippen LogP contribution in [0, 0.1) is 3.57 Å². The lowest BCUT2D eigenvalue weighted by Crippen LogP contribution is -2.42.